The molecule has 0 amide bonds. The van der Waals surface area contributed by atoms with Crippen molar-refractivity contribution in [1.82, 2.24) is 15.2 Å². The number of anilines is 2. The molecule has 4 N–H and O–H groups in total. The van der Waals surface area contributed by atoms with E-state index >= 15 is 0 Å². The number of nitrogens with two attached hydrogens (primary N) is 1. The van der Waals surface area contributed by atoms with Gasteiger partial charge in [0.25, 0.3) is 0 Å². The third kappa shape index (κ3) is 2.07. The first-order valence-corrected chi connectivity index (χ1v) is 4.70. The molecular weight excluding hydrogens is 190 g/mol. The maximum atomic E-state index is 5.70. The first-order valence-electron chi connectivity index (χ1n) is 4.70. The van der Waals surface area contributed by atoms with Crippen LogP contribution in [0.5, 0.6) is 0 Å². The summed E-state index contributed by atoms with van der Waals surface area (Å²) in [5.41, 5.74) is 8.73. The van der Waals surface area contributed by atoms with Crippen LogP contribution in [0.25, 0.3) is 0 Å². The molecule has 0 aromatic carbocycles. The zero-order valence-corrected chi connectivity index (χ0v) is 8.49. The van der Waals surface area contributed by atoms with E-state index in [0.29, 0.717) is 12.4 Å². The Morgan fingerprint density at radius 1 is 1.53 bits per heavy atom. The molecule has 0 fully saturated rings. The number of aryl methyl sites for hydroxylation is 1. The highest BCUT2D eigenvalue weighted by Crippen LogP contribution is 2.15. The second-order valence-corrected chi connectivity index (χ2v) is 3.31. The van der Waals surface area contributed by atoms with Crippen molar-refractivity contribution in [1.29, 1.82) is 0 Å². The summed E-state index contributed by atoms with van der Waals surface area (Å²) in [6, 6.07) is 3.75. The number of nitrogen functional groups attached to an aromatic ring is 1. The Labute approximate surface area is 87.7 Å². The first-order chi connectivity index (χ1) is 7.27. The van der Waals surface area contributed by atoms with Gasteiger partial charge in [0, 0.05) is 24.0 Å². The molecule has 0 aliphatic heterocycles. The lowest BCUT2D eigenvalue weighted by atomic mass is 10.2. The van der Waals surface area contributed by atoms with Gasteiger partial charge in [0.1, 0.15) is 5.82 Å². The molecule has 2 heterocycles. The minimum absolute atomic E-state index is 0.513. The summed E-state index contributed by atoms with van der Waals surface area (Å²) in [4.78, 5) is 3.99. The van der Waals surface area contributed by atoms with Crippen molar-refractivity contribution in [3.05, 3.63) is 35.8 Å². The van der Waals surface area contributed by atoms with Gasteiger partial charge in [-0.05, 0) is 19.1 Å². The number of nitrogens with zero attached hydrogens (tertiary/aromatic N) is 2. The number of H-pyrrole nitrogens is 1. The van der Waals surface area contributed by atoms with Crippen molar-refractivity contribution >= 4 is 11.5 Å². The number of nitrogens with one attached hydrogen (secondary N) is 2. The van der Waals surface area contributed by atoms with Gasteiger partial charge in [-0.25, -0.2) is 4.98 Å². The zero-order chi connectivity index (χ0) is 10.7. The van der Waals surface area contributed by atoms with Crippen LogP contribution in [0.15, 0.2) is 24.5 Å². The fourth-order valence-electron chi connectivity index (χ4n) is 1.31. The number of pyridine rings is 1. The van der Waals surface area contributed by atoms with E-state index in [1.165, 1.54) is 0 Å². The fourth-order valence-corrected chi connectivity index (χ4v) is 1.31. The molecular formula is C10H13N5. The molecule has 0 spiro atoms. The molecule has 15 heavy (non-hydrogen) atoms. The predicted octanol–water partition coefficient (Wildman–Crippen LogP) is 1.31. The number of rotatable bonds is 3. The summed E-state index contributed by atoms with van der Waals surface area (Å²) in [5.74, 6) is 0.513. The molecule has 0 radical (unpaired) electrons. The normalized spacial score (nSPS) is 10.2. The van der Waals surface area contributed by atoms with Crippen molar-refractivity contribution in [3.8, 4) is 0 Å². The molecule has 2 aromatic heterocycles. The Hall–Kier alpha value is -2.04. The lowest BCUT2D eigenvalue weighted by Crippen LogP contribution is -2.03. The fraction of sp³-hybridized carbons (Fsp3) is 0.200. The van der Waals surface area contributed by atoms with Crippen molar-refractivity contribution in [3.63, 3.8) is 0 Å². The summed E-state index contributed by atoms with van der Waals surface area (Å²) >= 11 is 0. The minimum atomic E-state index is 0.513. The molecule has 0 bridgehead atoms. The van der Waals surface area contributed by atoms with Crippen LogP contribution in [0.1, 0.15) is 11.3 Å². The zero-order valence-electron chi connectivity index (χ0n) is 8.49. The average Bonchev–Trinajstić information content (AvgIpc) is 2.63. The Morgan fingerprint density at radius 3 is 3.07 bits per heavy atom. The third-order valence-electron chi connectivity index (χ3n) is 2.24. The van der Waals surface area contributed by atoms with Crippen LogP contribution >= 0.6 is 0 Å². The minimum Gasteiger partial charge on any atom is -0.382 e. The third-order valence-corrected chi connectivity index (χ3v) is 2.24. The number of hydrogen-bond donors (Lipinski definition) is 3. The molecule has 2 rings (SSSR count). The largest absolute Gasteiger partial charge is 0.382 e. The van der Waals surface area contributed by atoms with E-state index in [9.17, 15) is 0 Å². The molecule has 0 unspecified atom stereocenters. The van der Waals surface area contributed by atoms with Crippen LogP contribution in [-0.4, -0.2) is 15.2 Å². The van der Waals surface area contributed by atoms with Gasteiger partial charge in [0.15, 0.2) is 0 Å². The molecule has 5 heteroatoms. The SMILES string of the molecule is Cc1[nH]ncc1CNc1cccnc1N. The van der Waals surface area contributed by atoms with E-state index in [4.69, 9.17) is 5.73 Å². The summed E-state index contributed by atoms with van der Waals surface area (Å²) < 4.78 is 0. The highest BCUT2D eigenvalue weighted by atomic mass is 15.1. The average molecular weight is 203 g/mol. The van der Waals surface area contributed by atoms with Gasteiger partial charge in [-0.3, -0.25) is 5.10 Å². The van der Waals surface area contributed by atoms with Gasteiger partial charge in [-0.1, -0.05) is 0 Å². The van der Waals surface area contributed by atoms with Crippen LogP contribution in [0, 0.1) is 6.92 Å². The van der Waals surface area contributed by atoms with Crippen molar-refractivity contribution in [2.24, 2.45) is 0 Å². The van der Waals surface area contributed by atoms with Crippen LogP contribution in [-0.2, 0) is 6.54 Å². The van der Waals surface area contributed by atoms with E-state index in [1.54, 1.807) is 12.4 Å². The molecule has 0 saturated carbocycles. The summed E-state index contributed by atoms with van der Waals surface area (Å²) in [5, 5.41) is 10.0. The lowest BCUT2D eigenvalue weighted by Gasteiger charge is -2.07. The Bertz CT molecular complexity index is 449. The van der Waals surface area contributed by atoms with E-state index in [-0.39, 0.29) is 0 Å². The highest BCUT2D eigenvalue weighted by molar-refractivity contribution is 5.60. The molecule has 78 valence electrons. The Balaban J connectivity index is 2.06. The summed E-state index contributed by atoms with van der Waals surface area (Å²) in [7, 11) is 0. The first kappa shape index (κ1) is 9.51. The second-order valence-electron chi connectivity index (χ2n) is 3.31. The summed E-state index contributed by atoms with van der Waals surface area (Å²) in [6.45, 7) is 2.68. The van der Waals surface area contributed by atoms with Crippen molar-refractivity contribution in [2.75, 3.05) is 11.1 Å². The van der Waals surface area contributed by atoms with Crippen molar-refractivity contribution in [2.45, 2.75) is 13.5 Å². The van der Waals surface area contributed by atoms with E-state index in [1.807, 2.05) is 19.1 Å². The predicted molar refractivity (Wildman–Crippen MR) is 59.3 cm³/mol. The lowest BCUT2D eigenvalue weighted by molar-refractivity contribution is 1.04. The van der Waals surface area contributed by atoms with E-state index in [0.717, 1.165) is 16.9 Å². The Kier molecular flexibility index (Phi) is 2.53. The smallest absolute Gasteiger partial charge is 0.146 e. The quantitative estimate of drug-likeness (QED) is 0.702. The summed E-state index contributed by atoms with van der Waals surface area (Å²) in [6.07, 6.45) is 3.47. The van der Waals surface area contributed by atoms with Crippen LogP contribution in [0.3, 0.4) is 0 Å². The van der Waals surface area contributed by atoms with E-state index < -0.39 is 0 Å². The van der Waals surface area contributed by atoms with Crippen LogP contribution < -0.4 is 11.1 Å². The van der Waals surface area contributed by atoms with Crippen LogP contribution in [0.2, 0.25) is 0 Å². The van der Waals surface area contributed by atoms with Gasteiger partial charge < -0.3 is 11.1 Å². The molecule has 0 aliphatic rings. The topological polar surface area (TPSA) is 79.6 Å². The highest BCUT2D eigenvalue weighted by Gasteiger charge is 2.01. The number of hydrogen-bond acceptors (Lipinski definition) is 4. The monoisotopic (exact) mass is 203 g/mol. The molecule has 0 atom stereocenters. The second kappa shape index (κ2) is 4.00. The van der Waals surface area contributed by atoms with Gasteiger partial charge in [-0.2, -0.15) is 5.10 Å². The van der Waals surface area contributed by atoms with Crippen molar-refractivity contribution < 1.29 is 0 Å². The van der Waals surface area contributed by atoms with Gasteiger partial charge in [0.05, 0.1) is 11.9 Å². The number of aromatic amines is 1. The number of aromatic nitrogens is 3. The molecule has 2 aromatic rings. The maximum absolute atomic E-state index is 5.70. The van der Waals surface area contributed by atoms with E-state index in [2.05, 4.69) is 20.5 Å². The molecule has 0 saturated heterocycles. The maximum Gasteiger partial charge on any atom is 0.146 e. The van der Waals surface area contributed by atoms with Gasteiger partial charge in [0.2, 0.25) is 0 Å². The Morgan fingerprint density at radius 2 is 2.40 bits per heavy atom. The van der Waals surface area contributed by atoms with Gasteiger partial charge >= 0.3 is 0 Å². The van der Waals surface area contributed by atoms with Crippen LogP contribution in [0.4, 0.5) is 11.5 Å². The standard InChI is InChI=1S/C10H13N5/c1-7-8(6-14-15-7)5-13-9-3-2-4-12-10(9)11/h2-4,6,13H,5H2,1H3,(H2,11,12)(H,14,15). The molecule has 5 nitrogen and oxygen atoms in total. The molecule has 0 aliphatic carbocycles. The van der Waals surface area contributed by atoms with Gasteiger partial charge in [-0.15, -0.1) is 0 Å².